The maximum absolute atomic E-state index is 11.7. The lowest BCUT2D eigenvalue weighted by atomic mass is 9.86. The molecule has 0 spiro atoms. The molecule has 0 aromatic rings. The highest BCUT2D eigenvalue weighted by Crippen LogP contribution is 2.26. The van der Waals surface area contributed by atoms with E-state index < -0.39 is 15.3 Å². The zero-order valence-corrected chi connectivity index (χ0v) is 12.1. The molecular weight excluding hydrogens is 254 g/mol. The van der Waals surface area contributed by atoms with Crippen LogP contribution in [-0.4, -0.2) is 32.3 Å². The smallest absolute Gasteiger partial charge is 0.308 e. The first-order valence-corrected chi connectivity index (χ1v) is 8.09. The van der Waals surface area contributed by atoms with Crippen LogP contribution in [0.2, 0.25) is 0 Å². The molecule has 1 aliphatic carbocycles. The van der Waals surface area contributed by atoms with Crippen LogP contribution in [0.4, 0.5) is 0 Å². The van der Waals surface area contributed by atoms with Crippen molar-refractivity contribution in [2.24, 2.45) is 5.92 Å². The first kappa shape index (κ1) is 15.4. The summed E-state index contributed by atoms with van der Waals surface area (Å²) in [5.74, 6) is -0.215. The van der Waals surface area contributed by atoms with E-state index in [9.17, 15) is 13.2 Å². The SMILES string of the molecule is CCOC(=O)C1CCC(NS(=O)(=O)C(C)C)CC1. The van der Waals surface area contributed by atoms with Gasteiger partial charge in [0.25, 0.3) is 0 Å². The average Bonchev–Trinajstić information content (AvgIpc) is 2.29. The van der Waals surface area contributed by atoms with Gasteiger partial charge in [-0.2, -0.15) is 0 Å². The Labute approximate surface area is 109 Å². The fourth-order valence-corrected chi connectivity index (χ4v) is 3.05. The normalized spacial score (nSPS) is 25.1. The second-order valence-corrected chi connectivity index (χ2v) is 7.28. The van der Waals surface area contributed by atoms with E-state index >= 15 is 0 Å². The summed E-state index contributed by atoms with van der Waals surface area (Å²) in [6.07, 6.45) is 2.80. The highest BCUT2D eigenvalue weighted by atomic mass is 32.2. The van der Waals surface area contributed by atoms with E-state index in [1.54, 1.807) is 20.8 Å². The second kappa shape index (κ2) is 6.52. The van der Waals surface area contributed by atoms with Crippen molar-refractivity contribution in [3.8, 4) is 0 Å². The Bertz CT molecular complexity index is 370. The molecule has 0 amide bonds. The molecule has 1 aliphatic rings. The molecule has 6 heteroatoms. The molecule has 1 rings (SSSR count). The third kappa shape index (κ3) is 4.24. The maximum Gasteiger partial charge on any atom is 0.308 e. The second-order valence-electron chi connectivity index (χ2n) is 5.01. The standard InChI is InChI=1S/C12H23NO4S/c1-4-17-12(14)10-5-7-11(8-6-10)13-18(15,16)9(2)3/h9-11,13H,4-8H2,1-3H3. The molecule has 0 radical (unpaired) electrons. The van der Waals surface area contributed by atoms with Gasteiger partial charge in [-0.1, -0.05) is 0 Å². The van der Waals surface area contributed by atoms with Gasteiger partial charge in [-0.15, -0.1) is 0 Å². The van der Waals surface area contributed by atoms with Crippen LogP contribution < -0.4 is 4.72 Å². The topological polar surface area (TPSA) is 72.5 Å². The van der Waals surface area contributed by atoms with Crippen molar-refractivity contribution in [3.63, 3.8) is 0 Å². The molecule has 5 nitrogen and oxygen atoms in total. The average molecular weight is 277 g/mol. The maximum atomic E-state index is 11.7. The van der Waals surface area contributed by atoms with Gasteiger partial charge in [-0.3, -0.25) is 4.79 Å². The van der Waals surface area contributed by atoms with E-state index in [-0.39, 0.29) is 17.9 Å². The fourth-order valence-electron chi connectivity index (χ4n) is 2.08. The number of esters is 1. The van der Waals surface area contributed by atoms with Crippen LogP contribution in [-0.2, 0) is 19.6 Å². The molecule has 1 saturated carbocycles. The summed E-state index contributed by atoms with van der Waals surface area (Å²) >= 11 is 0. The van der Waals surface area contributed by atoms with Gasteiger partial charge >= 0.3 is 5.97 Å². The number of sulfonamides is 1. The summed E-state index contributed by atoms with van der Waals surface area (Å²) in [5, 5.41) is -0.416. The Balaban J connectivity index is 2.43. The Morgan fingerprint density at radius 3 is 2.28 bits per heavy atom. The van der Waals surface area contributed by atoms with E-state index in [1.165, 1.54) is 0 Å². The number of carbonyl (C=O) groups excluding carboxylic acids is 1. The Hall–Kier alpha value is -0.620. The molecule has 0 heterocycles. The number of ether oxygens (including phenoxy) is 1. The van der Waals surface area contributed by atoms with Gasteiger partial charge in [-0.25, -0.2) is 13.1 Å². The predicted octanol–water partition coefficient (Wildman–Crippen LogP) is 1.44. The summed E-state index contributed by atoms with van der Waals surface area (Å²) in [6, 6.07) is -0.0388. The molecule has 1 fully saturated rings. The summed E-state index contributed by atoms with van der Waals surface area (Å²) in [7, 11) is -3.21. The summed E-state index contributed by atoms with van der Waals surface area (Å²) < 4.78 is 31.1. The highest BCUT2D eigenvalue weighted by Gasteiger charge is 2.29. The molecule has 1 N–H and O–H groups in total. The van der Waals surface area contributed by atoms with E-state index in [1.807, 2.05) is 0 Å². The zero-order chi connectivity index (χ0) is 13.8. The molecular formula is C12H23NO4S. The van der Waals surface area contributed by atoms with E-state index in [0.717, 1.165) is 0 Å². The van der Waals surface area contributed by atoms with Crippen LogP contribution in [0.15, 0.2) is 0 Å². The minimum Gasteiger partial charge on any atom is -0.466 e. The molecule has 106 valence electrons. The zero-order valence-electron chi connectivity index (χ0n) is 11.3. The largest absolute Gasteiger partial charge is 0.466 e. The minimum atomic E-state index is -3.21. The minimum absolute atomic E-state index is 0.0388. The third-order valence-electron chi connectivity index (χ3n) is 3.30. The monoisotopic (exact) mass is 277 g/mol. The molecule has 18 heavy (non-hydrogen) atoms. The predicted molar refractivity (Wildman–Crippen MR) is 69.6 cm³/mol. The van der Waals surface area contributed by atoms with Crippen LogP contribution >= 0.6 is 0 Å². The number of hydrogen-bond acceptors (Lipinski definition) is 4. The molecule has 0 aromatic heterocycles. The first-order chi connectivity index (χ1) is 8.36. The van der Waals surface area contributed by atoms with Crippen LogP contribution in [0.5, 0.6) is 0 Å². The molecule has 0 atom stereocenters. The Morgan fingerprint density at radius 1 is 1.28 bits per heavy atom. The molecule has 0 bridgehead atoms. The summed E-state index contributed by atoms with van der Waals surface area (Å²) in [4.78, 5) is 11.5. The van der Waals surface area contributed by atoms with Crippen LogP contribution in [0.1, 0.15) is 46.5 Å². The van der Waals surface area contributed by atoms with Gasteiger partial charge in [0.15, 0.2) is 0 Å². The molecule has 0 aliphatic heterocycles. The Morgan fingerprint density at radius 2 is 1.83 bits per heavy atom. The lowest BCUT2D eigenvalue weighted by molar-refractivity contribution is -0.149. The van der Waals surface area contributed by atoms with Crippen LogP contribution in [0.25, 0.3) is 0 Å². The van der Waals surface area contributed by atoms with Crippen molar-refractivity contribution < 1.29 is 17.9 Å². The van der Waals surface area contributed by atoms with Crippen molar-refractivity contribution in [2.75, 3.05) is 6.61 Å². The van der Waals surface area contributed by atoms with Crippen molar-refractivity contribution >= 4 is 16.0 Å². The van der Waals surface area contributed by atoms with E-state index in [0.29, 0.717) is 32.3 Å². The van der Waals surface area contributed by atoms with Crippen molar-refractivity contribution in [2.45, 2.75) is 57.7 Å². The van der Waals surface area contributed by atoms with Gasteiger partial charge in [0, 0.05) is 6.04 Å². The van der Waals surface area contributed by atoms with Crippen molar-refractivity contribution in [1.82, 2.24) is 4.72 Å². The number of hydrogen-bond donors (Lipinski definition) is 1. The van der Waals surface area contributed by atoms with Gasteiger partial charge in [0.05, 0.1) is 17.8 Å². The van der Waals surface area contributed by atoms with E-state index in [2.05, 4.69) is 4.72 Å². The van der Waals surface area contributed by atoms with Gasteiger partial charge in [0.1, 0.15) is 0 Å². The lowest BCUT2D eigenvalue weighted by Gasteiger charge is -2.28. The lowest BCUT2D eigenvalue weighted by Crippen LogP contribution is -2.41. The van der Waals surface area contributed by atoms with Crippen molar-refractivity contribution in [3.05, 3.63) is 0 Å². The highest BCUT2D eigenvalue weighted by molar-refractivity contribution is 7.90. The Kier molecular flexibility index (Phi) is 5.59. The van der Waals surface area contributed by atoms with Crippen LogP contribution in [0, 0.1) is 5.92 Å². The van der Waals surface area contributed by atoms with Crippen molar-refractivity contribution in [1.29, 1.82) is 0 Å². The van der Waals surface area contributed by atoms with E-state index in [4.69, 9.17) is 4.74 Å². The van der Waals surface area contributed by atoms with Crippen LogP contribution in [0.3, 0.4) is 0 Å². The molecule has 0 saturated heterocycles. The fraction of sp³-hybridized carbons (Fsp3) is 0.917. The number of carbonyl (C=O) groups is 1. The number of rotatable bonds is 5. The molecule has 0 unspecified atom stereocenters. The summed E-state index contributed by atoms with van der Waals surface area (Å²) in [5.41, 5.74) is 0. The number of nitrogens with one attached hydrogen (secondary N) is 1. The van der Waals surface area contributed by atoms with Gasteiger partial charge in [-0.05, 0) is 46.5 Å². The van der Waals surface area contributed by atoms with Gasteiger partial charge in [0.2, 0.25) is 10.0 Å². The third-order valence-corrected chi connectivity index (χ3v) is 5.20. The quantitative estimate of drug-likeness (QED) is 0.772. The first-order valence-electron chi connectivity index (χ1n) is 6.54. The molecule has 0 aromatic carbocycles. The summed E-state index contributed by atoms with van der Waals surface area (Å²) in [6.45, 7) is 5.51. The van der Waals surface area contributed by atoms with Gasteiger partial charge < -0.3 is 4.74 Å².